The molecule has 0 aromatic heterocycles. The lowest BCUT2D eigenvalue weighted by atomic mass is 9.90. The third-order valence-electron chi connectivity index (χ3n) is 4.22. The number of amides is 2. The van der Waals surface area contributed by atoms with Gasteiger partial charge < -0.3 is 15.3 Å². The van der Waals surface area contributed by atoms with Crippen molar-refractivity contribution in [1.82, 2.24) is 10.2 Å². The minimum Gasteiger partial charge on any atom is -0.481 e. The van der Waals surface area contributed by atoms with Crippen LogP contribution in [0.2, 0.25) is 10.0 Å². The summed E-state index contributed by atoms with van der Waals surface area (Å²) < 4.78 is 0. The second kappa shape index (κ2) is 6.97. The number of carboxylic acids is 1. The van der Waals surface area contributed by atoms with E-state index < -0.39 is 11.4 Å². The van der Waals surface area contributed by atoms with E-state index >= 15 is 0 Å². The first-order chi connectivity index (χ1) is 10.7. The summed E-state index contributed by atoms with van der Waals surface area (Å²) >= 11 is 12.3. The van der Waals surface area contributed by atoms with Crippen LogP contribution in [0.4, 0.5) is 4.79 Å². The van der Waals surface area contributed by atoms with Gasteiger partial charge in [-0.1, -0.05) is 29.3 Å². The van der Waals surface area contributed by atoms with Crippen LogP contribution in [0.15, 0.2) is 18.2 Å². The standard InChI is InChI=1S/C16H20Cl2N2O3/c1-10(8-11-12(17)4-3-5-13(11)18)19-15(23)20-7-6-16(2,9-20)14(21)22/h3-5,10H,6-9H2,1-2H3,(H,19,23)(H,21,22). The fourth-order valence-corrected chi connectivity index (χ4v) is 3.25. The Kier molecular flexibility index (Phi) is 5.42. The molecule has 1 aromatic rings. The molecule has 0 bridgehead atoms. The van der Waals surface area contributed by atoms with Crippen molar-refractivity contribution in [2.45, 2.75) is 32.7 Å². The number of carboxylic acid groups (broad SMARTS) is 1. The third kappa shape index (κ3) is 4.09. The molecule has 1 fully saturated rings. The average Bonchev–Trinajstić information content (AvgIpc) is 2.87. The van der Waals surface area contributed by atoms with Crippen LogP contribution in [-0.2, 0) is 11.2 Å². The zero-order valence-electron chi connectivity index (χ0n) is 13.1. The molecule has 0 saturated carbocycles. The summed E-state index contributed by atoms with van der Waals surface area (Å²) in [6.45, 7) is 4.18. The number of rotatable bonds is 4. The van der Waals surface area contributed by atoms with E-state index in [0.29, 0.717) is 29.4 Å². The van der Waals surface area contributed by atoms with Crippen LogP contribution in [0.3, 0.4) is 0 Å². The molecule has 0 aliphatic carbocycles. The molecule has 1 aliphatic heterocycles. The Labute approximate surface area is 145 Å². The Morgan fingerprint density at radius 3 is 2.52 bits per heavy atom. The first-order valence-corrected chi connectivity index (χ1v) is 8.20. The summed E-state index contributed by atoms with van der Waals surface area (Å²) in [5, 5.41) is 13.2. The molecule has 0 spiro atoms. The number of carbonyl (C=O) groups excluding carboxylic acids is 1. The van der Waals surface area contributed by atoms with Crippen molar-refractivity contribution in [3.05, 3.63) is 33.8 Å². The maximum absolute atomic E-state index is 12.3. The molecule has 7 heteroatoms. The number of likely N-dealkylation sites (tertiary alicyclic amines) is 1. The maximum atomic E-state index is 12.3. The predicted octanol–water partition coefficient (Wildman–Crippen LogP) is 3.43. The molecule has 1 heterocycles. The Morgan fingerprint density at radius 2 is 2.00 bits per heavy atom. The second-order valence-electron chi connectivity index (χ2n) is 6.29. The number of halogens is 2. The molecule has 0 radical (unpaired) electrons. The normalized spacial score (nSPS) is 22.0. The van der Waals surface area contributed by atoms with Gasteiger partial charge in [-0.25, -0.2) is 4.79 Å². The topological polar surface area (TPSA) is 69.6 Å². The highest BCUT2D eigenvalue weighted by Crippen LogP contribution is 2.30. The van der Waals surface area contributed by atoms with Gasteiger partial charge in [0, 0.05) is 29.2 Å². The van der Waals surface area contributed by atoms with Gasteiger partial charge in [0.25, 0.3) is 0 Å². The zero-order valence-corrected chi connectivity index (χ0v) is 14.6. The fraction of sp³-hybridized carbons (Fsp3) is 0.500. The minimum absolute atomic E-state index is 0.170. The van der Waals surface area contributed by atoms with Gasteiger partial charge in [0.2, 0.25) is 0 Å². The number of urea groups is 1. The third-order valence-corrected chi connectivity index (χ3v) is 4.93. The number of nitrogens with zero attached hydrogens (tertiary/aromatic N) is 1. The molecule has 5 nitrogen and oxygen atoms in total. The molecule has 2 atom stereocenters. The second-order valence-corrected chi connectivity index (χ2v) is 7.11. The quantitative estimate of drug-likeness (QED) is 0.865. The zero-order chi connectivity index (χ0) is 17.2. The van der Waals surface area contributed by atoms with Crippen molar-refractivity contribution in [2.75, 3.05) is 13.1 Å². The van der Waals surface area contributed by atoms with Gasteiger partial charge in [0.15, 0.2) is 0 Å². The lowest BCUT2D eigenvalue weighted by Gasteiger charge is -2.23. The van der Waals surface area contributed by atoms with E-state index in [0.717, 1.165) is 5.56 Å². The number of hydrogen-bond donors (Lipinski definition) is 2. The van der Waals surface area contributed by atoms with Gasteiger partial charge >= 0.3 is 12.0 Å². The van der Waals surface area contributed by atoms with Gasteiger partial charge in [0.05, 0.1) is 5.41 Å². The lowest BCUT2D eigenvalue weighted by Crippen LogP contribution is -2.44. The SMILES string of the molecule is CC(Cc1c(Cl)cccc1Cl)NC(=O)N1CCC(C)(C(=O)O)C1. The van der Waals surface area contributed by atoms with Crippen LogP contribution in [0, 0.1) is 5.41 Å². The van der Waals surface area contributed by atoms with Gasteiger partial charge in [-0.2, -0.15) is 0 Å². The first-order valence-electron chi connectivity index (χ1n) is 7.44. The molecule has 2 unspecified atom stereocenters. The largest absolute Gasteiger partial charge is 0.481 e. The lowest BCUT2D eigenvalue weighted by molar-refractivity contribution is -0.146. The maximum Gasteiger partial charge on any atom is 0.317 e. The van der Waals surface area contributed by atoms with E-state index in [1.54, 1.807) is 30.0 Å². The van der Waals surface area contributed by atoms with E-state index in [2.05, 4.69) is 5.32 Å². The Balaban J connectivity index is 1.95. The summed E-state index contributed by atoms with van der Waals surface area (Å²) in [6.07, 6.45) is 0.967. The first kappa shape index (κ1) is 17.9. The van der Waals surface area contributed by atoms with Crippen molar-refractivity contribution in [3.8, 4) is 0 Å². The van der Waals surface area contributed by atoms with E-state index in [-0.39, 0.29) is 18.6 Å². The summed E-state index contributed by atoms with van der Waals surface area (Å²) in [7, 11) is 0. The van der Waals surface area contributed by atoms with Gasteiger partial charge in [-0.05, 0) is 44.4 Å². The molecule has 126 valence electrons. The Morgan fingerprint density at radius 1 is 1.39 bits per heavy atom. The van der Waals surface area contributed by atoms with Crippen molar-refractivity contribution >= 4 is 35.2 Å². The summed E-state index contributed by atoms with van der Waals surface area (Å²) in [5.41, 5.74) is -0.0764. The molecular formula is C16H20Cl2N2O3. The highest BCUT2D eigenvalue weighted by Gasteiger charge is 2.42. The Bertz CT molecular complexity index is 603. The van der Waals surface area contributed by atoms with E-state index in [1.807, 2.05) is 6.92 Å². The number of aliphatic carboxylic acids is 1. The van der Waals surface area contributed by atoms with E-state index in [4.69, 9.17) is 23.2 Å². The van der Waals surface area contributed by atoms with Crippen molar-refractivity contribution in [1.29, 1.82) is 0 Å². The summed E-state index contributed by atoms with van der Waals surface area (Å²) in [4.78, 5) is 25.1. The van der Waals surface area contributed by atoms with Crippen LogP contribution < -0.4 is 5.32 Å². The van der Waals surface area contributed by atoms with Crippen LogP contribution in [0.5, 0.6) is 0 Å². The average molecular weight is 359 g/mol. The van der Waals surface area contributed by atoms with E-state index in [1.165, 1.54) is 0 Å². The van der Waals surface area contributed by atoms with Crippen molar-refractivity contribution in [3.63, 3.8) is 0 Å². The molecule has 2 amide bonds. The van der Waals surface area contributed by atoms with Gasteiger partial charge in [-0.3, -0.25) is 4.79 Å². The molecule has 23 heavy (non-hydrogen) atoms. The molecule has 1 saturated heterocycles. The predicted molar refractivity (Wildman–Crippen MR) is 90.1 cm³/mol. The highest BCUT2D eigenvalue weighted by molar-refractivity contribution is 6.36. The smallest absolute Gasteiger partial charge is 0.317 e. The van der Waals surface area contributed by atoms with Gasteiger partial charge in [-0.15, -0.1) is 0 Å². The molecule has 1 aliphatic rings. The summed E-state index contributed by atoms with van der Waals surface area (Å²) in [5.74, 6) is -0.872. The molecule has 1 aromatic carbocycles. The van der Waals surface area contributed by atoms with Crippen LogP contribution in [-0.4, -0.2) is 41.1 Å². The highest BCUT2D eigenvalue weighted by atomic mass is 35.5. The monoisotopic (exact) mass is 358 g/mol. The van der Waals surface area contributed by atoms with Crippen LogP contribution in [0.25, 0.3) is 0 Å². The van der Waals surface area contributed by atoms with E-state index in [9.17, 15) is 14.7 Å². The number of benzene rings is 1. The molecule has 2 rings (SSSR count). The molecular weight excluding hydrogens is 339 g/mol. The van der Waals surface area contributed by atoms with Crippen LogP contribution in [0.1, 0.15) is 25.8 Å². The minimum atomic E-state index is -0.872. The van der Waals surface area contributed by atoms with Crippen LogP contribution >= 0.6 is 23.2 Å². The van der Waals surface area contributed by atoms with Crippen molar-refractivity contribution in [2.24, 2.45) is 5.41 Å². The Hall–Kier alpha value is -1.46. The number of carbonyl (C=O) groups is 2. The fourth-order valence-electron chi connectivity index (χ4n) is 2.70. The van der Waals surface area contributed by atoms with Gasteiger partial charge in [0.1, 0.15) is 0 Å². The summed E-state index contributed by atoms with van der Waals surface area (Å²) in [6, 6.07) is 4.86. The molecule has 2 N–H and O–H groups in total. The number of hydrogen-bond acceptors (Lipinski definition) is 2. The van der Waals surface area contributed by atoms with Crippen molar-refractivity contribution < 1.29 is 14.7 Å². The number of nitrogens with one attached hydrogen (secondary N) is 1.